The van der Waals surface area contributed by atoms with Crippen molar-refractivity contribution >= 4 is 0 Å². The van der Waals surface area contributed by atoms with Gasteiger partial charge in [0.15, 0.2) is 0 Å². The lowest BCUT2D eigenvalue weighted by molar-refractivity contribution is 0.525. The van der Waals surface area contributed by atoms with Crippen molar-refractivity contribution in [3.63, 3.8) is 0 Å². The Morgan fingerprint density at radius 1 is 1.30 bits per heavy atom. The molecule has 0 aliphatic heterocycles. The summed E-state index contributed by atoms with van der Waals surface area (Å²) < 4.78 is 0. The molecular formula is C9H15N. The number of hydrogen-bond donors (Lipinski definition) is 1. The van der Waals surface area contributed by atoms with Gasteiger partial charge in [0.25, 0.3) is 0 Å². The summed E-state index contributed by atoms with van der Waals surface area (Å²) >= 11 is 0. The normalized spacial score (nSPS) is 39.1. The van der Waals surface area contributed by atoms with Crippen LogP contribution in [0.25, 0.3) is 0 Å². The molecule has 0 radical (unpaired) electrons. The van der Waals surface area contributed by atoms with Crippen molar-refractivity contribution < 1.29 is 0 Å². The average Bonchev–Trinajstić information content (AvgIpc) is 2.34. The van der Waals surface area contributed by atoms with E-state index < -0.39 is 0 Å². The Balaban J connectivity index is 2.19. The molecule has 0 aromatic rings. The summed E-state index contributed by atoms with van der Waals surface area (Å²) in [6.45, 7) is 0. The fraction of sp³-hybridized carbons (Fsp3) is 0.778. The Morgan fingerprint density at radius 3 is 3.00 bits per heavy atom. The van der Waals surface area contributed by atoms with Crippen LogP contribution in [-0.2, 0) is 0 Å². The van der Waals surface area contributed by atoms with Gasteiger partial charge in [0.2, 0.25) is 0 Å². The monoisotopic (exact) mass is 137 g/mol. The molecule has 1 fully saturated rings. The van der Waals surface area contributed by atoms with Gasteiger partial charge in [-0.25, -0.2) is 0 Å². The fourth-order valence-corrected chi connectivity index (χ4v) is 2.28. The molecule has 0 amide bonds. The van der Waals surface area contributed by atoms with Gasteiger partial charge < -0.3 is 5.73 Å². The first-order valence-corrected chi connectivity index (χ1v) is 4.33. The molecule has 1 saturated carbocycles. The SMILES string of the molecule is N[C@H]1CCC2CCCC=C21. The van der Waals surface area contributed by atoms with Crippen molar-refractivity contribution in [3.8, 4) is 0 Å². The van der Waals surface area contributed by atoms with Crippen LogP contribution < -0.4 is 5.73 Å². The number of rotatable bonds is 0. The standard InChI is InChI=1S/C9H15N/c10-9-6-5-7-3-1-2-4-8(7)9/h4,7,9H,1-3,5-6,10H2/t7?,9-/m0/s1. The fourth-order valence-electron chi connectivity index (χ4n) is 2.28. The van der Waals surface area contributed by atoms with E-state index in [2.05, 4.69) is 6.08 Å². The summed E-state index contributed by atoms with van der Waals surface area (Å²) in [6.07, 6.45) is 9.04. The second kappa shape index (κ2) is 2.39. The third kappa shape index (κ3) is 0.891. The van der Waals surface area contributed by atoms with Crippen LogP contribution >= 0.6 is 0 Å². The zero-order valence-corrected chi connectivity index (χ0v) is 6.34. The molecule has 1 heteroatoms. The molecule has 0 bridgehead atoms. The van der Waals surface area contributed by atoms with Crippen molar-refractivity contribution in [3.05, 3.63) is 11.6 Å². The van der Waals surface area contributed by atoms with Gasteiger partial charge in [0, 0.05) is 6.04 Å². The molecule has 0 saturated heterocycles. The lowest BCUT2D eigenvalue weighted by Gasteiger charge is -2.18. The summed E-state index contributed by atoms with van der Waals surface area (Å²) in [4.78, 5) is 0. The van der Waals surface area contributed by atoms with Gasteiger partial charge in [0.05, 0.1) is 0 Å². The highest BCUT2D eigenvalue weighted by Crippen LogP contribution is 2.37. The maximum Gasteiger partial charge on any atom is 0.0256 e. The molecular weight excluding hydrogens is 122 g/mol. The molecule has 0 spiro atoms. The Hall–Kier alpha value is -0.300. The van der Waals surface area contributed by atoms with Crippen LogP contribution in [0.15, 0.2) is 11.6 Å². The van der Waals surface area contributed by atoms with E-state index in [0.717, 1.165) is 5.92 Å². The smallest absolute Gasteiger partial charge is 0.0256 e. The minimum Gasteiger partial charge on any atom is -0.324 e. The molecule has 10 heavy (non-hydrogen) atoms. The molecule has 2 atom stereocenters. The van der Waals surface area contributed by atoms with E-state index in [9.17, 15) is 0 Å². The zero-order valence-electron chi connectivity index (χ0n) is 6.34. The maximum atomic E-state index is 5.92. The third-order valence-corrected chi connectivity index (χ3v) is 2.86. The van der Waals surface area contributed by atoms with Gasteiger partial charge in [-0.2, -0.15) is 0 Å². The first-order valence-electron chi connectivity index (χ1n) is 4.33. The highest BCUT2D eigenvalue weighted by atomic mass is 14.7. The number of nitrogens with two attached hydrogens (primary N) is 1. The molecule has 0 aromatic heterocycles. The van der Waals surface area contributed by atoms with Crippen LogP contribution in [0.1, 0.15) is 32.1 Å². The van der Waals surface area contributed by atoms with Gasteiger partial charge in [0.1, 0.15) is 0 Å². The van der Waals surface area contributed by atoms with E-state index in [1.807, 2.05) is 0 Å². The second-order valence-corrected chi connectivity index (χ2v) is 3.52. The molecule has 2 rings (SSSR count). The van der Waals surface area contributed by atoms with Crippen molar-refractivity contribution in [1.29, 1.82) is 0 Å². The predicted molar refractivity (Wildman–Crippen MR) is 42.6 cm³/mol. The molecule has 2 N–H and O–H groups in total. The minimum atomic E-state index is 0.422. The first kappa shape index (κ1) is 6.41. The summed E-state index contributed by atoms with van der Waals surface area (Å²) in [6, 6.07) is 0.422. The number of fused-ring (bicyclic) bond motifs is 1. The highest BCUT2D eigenvalue weighted by molar-refractivity contribution is 5.20. The quantitative estimate of drug-likeness (QED) is 0.506. The molecule has 1 unspecified atom stereocenters. The van der Waals surface area contributed by atoms with Gasteiger partial charge in [-0.3, -0.25) is 0 Å². The Morgan fingerprint density at radius 2 is 2.20 bits per heavy atom. The van der Waals surface area contributed by atoms with E-state index >= 15 is 0 Å². The van der Waals surface area contributed by atoms with Crippen molar-refractivity contribution in [2.24, 2.45) is 11.7 Å². The molecule has 2 aliphatic rings. The van der Waals surface area contributed by atoms with E-state index in [0.29, 0.717) is 6.04 Å². The van der Waals surface area contributed by atoms with Crippen LogP contribution in [0.4, 0.5) is 0 Å². The Bertz CT molecular complexity index is 160. The first-order chi connectivity index (χ1) is 4.88. The van der Waals surface area contributed by atoms with Crippen LogP contribution in [0.3, 0.4) is 0 Å². The summed E-state index contributed by atoms with van der Waals surface area (Å²) in [5, 5.41) is 0. The average molecular weight is 137 g/mol. The summed E-state index contributed by atoms with van der Waals surface area (Å²) in [5.74, 6) is 0.878. The minimum absolute atomic E-state index is 0.422. The largest absolute Gasteiger partial charge is 0.324 e. The molecule has 2 aliphatic carbocycles. The van der Waals surface area contributed by atoms with Crippen molar-refractivity contribution in [2.45, 2.75) is 38.1 Å². The van der Waals surface area contributed by atoms with Gasteiger partial charge in [-0.15, -0.1) is 0 Å². The second-order valence-electron chi connectivity index (χ2n) is 3.52. The topological polar surface area (TPSA) is 26.0 Å². The van der Waals surface area contributed by atoms with Crippen LogP contribution in [-0.4, -0.2) is 6.04 Å². The van der Waals surface area contributed by atoms with E-state index in [4.69, 9.17) is 5.73 Å². The number of allylic oxidation sites excluding steroid dienone is 1. The Kier molecular flexibility index (Phi) is 1.53. The molecule has 56 valence electrons. The van der Waals surface area contributed by atoms with Gasteiger partial charge >= 0.3 is 0 Å². The van der Waals surface area contributed by atoms with Gasteiger partial charge in [-0.05, 0) is 38.0 Å². The zero-order chi connectivity index (χ0) is 6.97. The van der Waals surface area contributed by atoms with Crippen LogP contribution in [0, 0.1) is 5.92 Å². The molecule has 1 nitrogen and oxygen atoms in total. The number of hydrogen-bond acceptors (Lipinski definition) is 1. The summed E-state index contributed by atoms with van der Waals surface area (Å²) in [5.41, 5.74) is 7.50. The summed E-state index contributed by atoms with van der Waals surface area (Å²) in [7, 11) is 0. The lowest BCUT2D eigenvalue weighted by atomic mass is 9.89. The van der Waals surface area contributed by atoms with Crippen LogP contribution in [0.2, 0.25) is 0 Å². The van der Waals surface area contributed by atoms with Crippen molar-refractivity contribution in [2.75, 3.05) is 0 Å². The Labute approximate surface area is 62.3 Å². The van der Waals surface area contributed by atoms with E-state index in [1.54, 1.807) is 5.57 Å². The lowest BCUT2D eigenvalue weighted by Crippen LogP contribution is -2.19. The third-order valence-electron chi connectivity index (χ3n) is 2.86. The maximum absolute atomic E-state index is 5.92. The molecule has 0 aromatic carbocycles. The van der Waals surface area contributed by atoms with Crippen molar-refractivity contribution in [1.82, 2.24) is 0 Å². The highest BCUT2D eigenvalue weighted by Gasteiger charge is 2.28. The van der Waals surface area contributed by atoms with Crippen LogP contribution in [0.5, 0.6) is 0 Å². The van der Waals surface area contributed by atoms with Gasteiger partial charge in [-0.1, -0.05) is 11.6 Å². The van der Waals surface area contributed by atoms with E-state index in [1.165, 1.54) is 32.1 Å². The predicted octanol–water partition coefficient (Wildman–Crippen LogP) is 1.83. The van der Waals surface area contributed by atoms with E-state index in [-0.39, 0.29) is 0 Å². The molecule has 0 heterocycles.